The van der Waals surface area contributed by atoms with Crippen molar-refractivity contribution in [2.75, 3.05) is 17.6 Å². The van der Waals surface area contributed by atoms with E-state index in [4.69, 9.17) is 5.73 Å². The lowest BCUT2D eigenvalue weighted by Crippen LogP contribution is -2.35. The molecule has 1 aliphatic rings. The number of carbonyl (C=O) groups excluding carboxylic acids is 2. The molecule has 3 rings (SSSR count). The number of hydrogen-bond acceptors (Lipinski definition) is 4. The van der Waals surface area contributed by atoms with E-state index in [1.54, 1.807) is 23.5 Å². The summed E-state index contributed by atoms with van der Waals surface area (Å²) in [5, 5.41) is 4.81. The minimum Gasteiger partial charge on any atom is -0.397 e. The van der Waals surface area contributed by atoms with E-state index in [9.17, 15) is 9.59 Å². The predicted molar refractivity (Wildman–Crippen MR) is 92.2 cm³/mol. The molecule has 0 fully saturated rings. The Balaban J connectivity index is 1.49. The van der Waals surface area contributed by atoms with E-state index in [1.165, 1.54) is 10.4 Å². The van der Waals surface area contributed by atoms with E-state index < -0.39 is 0 Å². The summed E-state index contributed by atoms with van der Waals surface area (Å²) in [7, 11) is 0. The van der Waals surface area contributed by atoms with Crippen molar-refractivity contribution in [2.45, 2.75) is 25.8 Å². The van der Waals surface area contributed by atoms with Gasteiger partial charge >= 0.3 is 0 Å². The molecule has 1 aromatic heterocycles. The summed E-state index contributed by atoms with van der Waals surface area (Å²) in [6.45, 7) is 1.39. The monoisotopic (exact) mass is 329 g/mol. The van der Waals surface area contributed by atoms with Gasteiger partial charge in [0.2, 0.25) is 11.8 Å². The molecule has 5 nitrogen and oxygen atoms in total. The molecular weight excluding hydrogens is 310 g/mol. The summed E-state index contributed by atoms with van der Waals surface area (Å²) >= 11 is 1.75. The molecule has 120 valence electrons. The van der Waals surface area contributed by atoms with Crippen molar-refractivity contribution in [1.29, 1.82) is 0 Å². The van der Waals surface area contributed by atoms with Crippen molar-refractivity contribution in [1.82, 2.24) is 4.90 Å². The third kappa shape index (κ3) is 3.71. The Labute approximate surface area is 139 Å². The van der Waals surface area contributed by atoms with Crippen LogP contribution in [0.25, 0.3) is 0 Å². The lowest BCUT2D eigenvalue weighted by molar-refractivity contribution is -0.133. The topological polar surface area (TPSA) is 75.4 Å². The molecule has 0 spiro atoms. The smallest absolute Gasteiger partial charge is 0.224 e. The Hall–Kier alpha value is -2.34. The number of nitrogen functional groups attached to an aromatic ring is 1. The first-order chi connectivity index (χ1) is 11.1. The van der Waals surface area contributed by atoms with Crippen LogP contribution in [-0.2, 0) is 22.6 Å². The van der Waals surface area contributed by atoms with Crippen molar-refractivity contribution >= 4 is 34.5 Å². The molecule has 2 amide bonds. The number of fused-ring (bicyclic) bond motifs is 1. The van der Waals surface area contributed by atoms with E-state index in [2.05, 4.69) is 16.8 Å². The van der Waals surface area contributed by atoms with Crippen LogP contribution in [0.15, 0.2) is 35.7 Å². The second-order valence-electron chi connectivity index (χ2n) is 5.57. The molecule has 2 heterocycles. The number of nitrogens with zero attached hydrogens (tertiary/aromatic N) is 1. The van der Waals surface area contributed by atoms with Crippen LogP contribution in [0.5, 0.6) is 0 Å². The van der Waals surface area contributed by atoms with Crippen LogP contribution >= 0.6 is 11.3 Å². The molecule has 23 heavy (non-hydrogen) atoms. The lowest BCUT2D eigenvalue weighted by atomic mass is 10.1. The molecule has 6 heteroatoms. The highest BCUT2D eigenvalue weighted by atomic mass is 32.1. The summed E-state index contributed by atoms with van der Waals surface area (Å²) in [4.78, 5) is 27.5. The van der Waals surface area contributed by atoms with Crippen LogP contribution in [-0.4, -0.2) is 23.3 Å². The molecule has 0 radical (unpaired) electrons. The fraction of sp³-hybridized carbons (Fsp3) is 0.294. The van der Waals surface area contributed by atoms with Crippen LogP contribution in [0, 0.1) is 0 Å². The summed E-state index contributed by atoms with van der Waals surface area (Å²) in [6, 6.07) is 9.17. The summed E-state index contributed by atoms with van der Waals surface area (Å²) in [5.74, 6) is -0.164. The van der Waals surface area contributed by atoms with Crippen LogP contribution in [0.3, 0.4) is 0 Å². The number of hydrogen-bond donors (Lipinski definition) is 2. The molecule has 2 aromatic rings. The first-order valence-corrected chi connectivity index (χ1v) is 8.49. The van der Waals surface area contributed by atoms with E-state index in [0.29, 0.717) is 17.9 Å². The van der Waals surface area contributed by atoms with Crippen LogP contribution in [0.4, 0.5) is 11.4 Å². The first-order valence-electron chi connectivity index (χ1n) is 7.61. The summed E-state index contributed by atoms with van der Waals surface area (Å²) in [5.41, 5.74) is 8.13. The largest absolute Gasteiger partial charge is 0.397 e. The van der Waals surface area contributed by atoms with Gasteiger partial charge in [-0.05, 0) is 35.6 Å². The number of rotatable bonds is 4. The van der Waals surface area contributed by atoms with E-state index in [1.807, 2.05) is 17.0 Å². The van der Waals surface area contributed by atoms with Gasteiger partial charge in [-0.25, -0.2) is 0 Å². The summed E-state index contributed by atoms with van der Waals surface area (Å²) < 4.78 is 0. The van der Waals surface area contributed by atoms with Crippen LogP contribution in [0.1, 0.15) is 23.3 Å². The molecule has 1 aliphatic heterocycles. The standard InChI is InChI=1S/C17H19N3O2S/c18-13-3-1-2-4-14(13)19-16(21)5-6-17(22)20-9-7-15-12(11-20)8-10-23-15/h1-4,8,10H,5-7,9,11,18H2,(H,19,21). The van der Waals surface area contributed by atoms with Gasteiger partial charge in [-0.2, -0.15) is 0 Å². The molecule has 3 N–H and O–H groups in total. The van der Waals surface area contributed by atoms with Gasteiger partial charge in [-0.1, -0.05) is 12.1 Å². The molecule has 0 atom stereocenters. The Kier molecular flexibility index (Phi) is 4.62. The predicted octanol–water partition coefficient (Wildman–Crippen LogP) is 2.63. The Morgan fingerprint density at radius 3 is 2.87 bits per heavy atom. The zero-order chi connectivity index (χ0) is 16.2. The fourth-order valence-corrected chi connectivity index (χ4v) is 3.55. The Morgan fingerprint density at radius 1 is 1.22 bits per heavy atom. The average Bonchev–Trinajstić information content (AvgIpc) is 3.02. The van der Waals surface area contributed by atoms with Gasteiger partial charge in [0.1, 0.15) is 0 Å². The quantitative estimate of drug-likeness (QED) is 0.847. The number of thiophene rings is 1. The molecular formula is C17H19N3O2S. The maximum absolute atomic E-state index is 12.3. The highest BCUT2D eigenvalue weighted by Crippen LogP contribution is 2.24. The van der Waals surface area contributed by atoms with Gasteiger partial charge in [-0.15, -0.1) is 11.3 Å². The van der Waals surface area contributed by atoms with Gasteiger partial charge in [0.15, 0.2) is 0 Å². The van der Waals surface area contributed by atoms with Crippen LogP contribution < -0.4 is 11.1 Å². The number of carbonyl (C=O) groups is 2. The SMILES string of the molecule is Nc1ccccc1NC(=O)CCC(=O)N1CCc2sccc2C1. The van der Waals surface area contributed by atoms with Crippen molar-refractivity contribution in [3.05, 3.63) is 46.2 Å². The summed E-state index contributed by atoms with van der Waals surface area (Å²) in [6.07, 6.45) is 1.30. The molecule has 0 bridgehead atoms. The maximum Gasteiger partial charge on any atom is 0.224 e. The van der Waals surface area contributed by atoms with E-state index in [-0.39, 0.29) is 24.7 Å². The normalized spacial score (nSPS) is 13.5. The number of nitrogens with two attached hydrogens (primary N) is 1. The number of amides is 2. The second kappa shape index (κ2) is 6.83. The van der Waals surface area contributed by atoms with E-state index in [0.717, 1.165) is 13.0 Å². The Morgan fingerprint density at radius 2 is 2.04 bits per heavy atom. The highest BCUT2D eigenvalue weighted by Gasteiger charge is 2.21. The van der Waals surface area contributed by atoms with Crippen LogP contribution in [0.2, 0.25) is 0 Å². The maximum atomic E-state index is 12.3. The highest BCUT2D eigenvalue weighted by molar-refractivity contribution is 7.10. The number of benzene rings is 1. The third-order valence-corrected chi connectivity index (χ3v) is 4.98. The van der Waals surface area contributed by atoms with Crippen molar-refractivity contribution in [2.24, 2.45) is 0 Å². The number of anilines is 2. The molecule has 1 aromatic carbocycles. The zero-order valence-electron chi connectivity index (χ0n) is 12.7. The van der Waals surface area contributed by atoms with Gasteiger partial charge in [0, 0.05) is 30.8 Å². The van der Waals surface area contributed by atoms with Gasteiger partial charge in [-0.3, -0.25) is 9.59 Å². The molecule has 0 unspecified atom stereocenters. The number of nitrogens with one attached hydrogen (secondary N) is 1. The van der Waals surface area contributed by atoms with Gasteiger partial charge < -0.3 is 16.0 Å². The fourth-order valence-electron chi connectivity index (χ4n) is 2.66. The molecule has 0 saturated carbocycles. The first kappa shape index (κ1) is 15.6. The van der Waals surface area contributed by atoms with Crippen molar-refractivity contribution < 1.29 is 9.59 Å². The van der Waals surface area contributed by atoms with Crippen molar-refractivity contribution in [3.8, 4) is 0 Å². The lowest BCUT2D eigenvalue weighted by Gasteiger charge is -2.27. The zero-order valence-corrected chi connectivity index (χ0v) is 13.6. The van der Waals surface area contributed by atoms with E-state index >= 15 is 0 Å². The number of para-hydroxylation sites is 2. The third-order valence-electron chi connectivity index (χ3n) is 3.96. The van der Waals surface area contributed by atoms with Gasteiger partial charge in [0.25, 0.3) is 0 Å². The minimum atomic E-state index is -0.190. The second-order valence-corrected chi connectivity index (χ2v) is 6.57. The average molecular weight is 329 g/mol. The molecule has 0 aliphatic carbocycles. The van der Waals surface area contributed by atoms with Crippen molar-refractivity contribution in [3.63, 3.8) is 0 Å². The van der Waals surface area contributed by atoms with Gasteiger partial charge in [0.05, 0.1) is 11.4 Å². The Bertz CT molecular complexity index is 726. The minimum absolute atomic E-state index is 0.0260. The molecule has 0 saturated heterocycles.